The molecule has 0 aromatic heterocycles. The molecule has 0 bridgehead atoms. The van der Waals surface area contributed by atoms with Crippen LogP contribution in [0.25, 0.3) is 0 Å². The van der Waals surface area contributed by atoms with Gasteiger partial charge in [0.05, 0.1) is 18.1 Å². The second kappa shape index (κ2) is 7.32. The normalized spacial score (nSPS) is 24.0. The van der Waals surface area contributed by atoms with Gasteiger partial charge in [0.25, 0.3) is 0 Å². The number of rotatable bonds is 8. The fourth-order valence-electron chi connectivity index (χ4n) is 3.00. The number of aliphatic carboxylic acids is 1. The van der Waals surface area contributed by atoms with Gasteiger partial charge in [-0.15, -0.1) is 11.8 Å². The monoisotopic (exact) mass is 394 g/mol. The number of carbonyl (C=O) groups is 3. The summed E-state index contributed by atoms with van der Waals surface area (Å²) in [6.07, 6.45) is -0.857. The molecule has 0 aromatic rings. The zero-order chi connectivity index (χ0) is 18.9. The quantitative estimate of drug-likeness (QED) is 0.283. The number of hydrogen-bond donors (Lipinski definition) is 3. The first-order valence-corrected chi connectivity index (χ1v) is 9.70. The Kier molecular flexibility index (Phi) is 5.76. The number of nitrogens with one attached hydrogen (secondary N) is 1. The molecule has 0 radical (unpaired) electrons. The lowest BCUT2D eigenvalue weighted by Gasteiger charge is -2.45. The van der Waals surface area contributed by atoms with Crippen LogP contribution in [0.4, 0.5) is 0 Å². The van der Waals surface area contributed by atoms with Gasteiger partial charge < -0.3 is 15.3 Å². The first-order valence-electron chi connectivity index (χ1n) is 7.35. The number of nitrogens with zero attached hydrogens (tertiary/aromatic N) is 1. The van der Waals surface area contributed by atoms with Crippen LogP contribution in [0.3, 0.4) is 0 Å². The van der Waals surface area contributed by atoms with Crippen molar-refractivity contribution in [1.29, 1.82) is 0 Å². The van der Waals surface area contributed by atoms with Crippen LogP contribution >= 0.6 is 11.8 Å². The highest BCUT2D eigenvalue weighted by molar-refractivity contribution is 8.03. The lowest BCUT2D eigenvalue weighted by molar-refractivity contribution is -0.160. The van der Waals surface area contributed by atoms with Crippen molar-refractivity contribution in [3.8, 4) is 0 Å². The molecule has 0 aromatic carbocycles. The Bertz CT molecular complexity index is 732. The Morgan fingerprint density at radius 1 is 1.48 bits per heavy atom. The van der Waals surface area contributed by atoms with Crippen molar-refractivity contribution in [2.24, 2.45) is 5.92 Å². The predicted octanol–water partition coefficient (Wildman–Crippen LogP) is -0.409. The van der Waals surface area contributed by atoms with Gasteiger partial charge in [-0.25, -0.2) is 8.98 Å². The van der Waals surface area contributed by atoms with E-state index in [1.165, 1.54) is 25.6 Å². The van der Waals surface area contributed by atoms with Crippen LogP contribution in [0, 0.1) is 5.92 Å². The predicted molar refractivity (Wildman–Crippen MR) is 86.6 cm³/mol. The molecule has 25 heavy (non-hydrogen) atoms. The van der Waals surface area contributed by atoms with E-state index in [9.17, 15) is 27.9 Å². The van der Waals surface area contributed by atoms with Gasteiger partial charge in [0.1, 0.15) is 5.70 Å². The number of carboxylic acids is 1. The molecule has 0 unspecified atom stereocenters. The summed E-state index contributed by atoms with van der Waals surface area (Å²) < 4.78 is 34.8. The van der Waals surface area contributed by atoms with E-state index >= 15 is 0 Å². The van der Waals surface area contributed by atoms with E-state index in [2.05, 4.69) is 9.50 Å². The fourth-order valence-corrected chi connectivity index (χ4v) is 4.56. The second-order valence-corrected chi connectivity index (χ2v) is 7.88. The minimum Gasteiger partial charge on any atom is -0.477 e. The average molecular weight is 394 g/mol. The lowest BCUT2D eigenvalue weighted by atomic mass is 9.83. The molecular formula is C13H18N2O8S2. The largest absolute Gasteiger partial charge is 0.477 e. The maximum absolute atomic E-state index is 12.3. The summed E-state index contributed by atoms with van der Waals surface area (Å²) in [5.41, 5.74) is -0.127. The van der Waals surface area contributed by atoms with E-state index in [1.54, 1.807) is 0 Å². The molecule has 2 aliphatic rings. The maximum atomic E-state index is 12.3. The molecule has 3 atom stereocenters. The smallest absolute Gasteiger partial charge is 0.397 e. The average Bonchev–Trinajstić information content (AvgIpc) is 2.76. The summed E-state index contributed by atoms with van der Waals surface area (Å²) >= 11 is 1.22. The van der Waals surface area contributed by atoms with Gasteiger partial charge in [0.15, 0.2) is 0 Å². The summed E-state index contributed by atoms with van der Waals surface area (Å²) in [5.74, 6) is -2.43. The Morgan fingerprint density at radius 3 is 2.64 bits per heavy atom. The van der Waals surface area contributed by atoms with E-state index < -0.39 is 40.3 Å². The van der Waals surface area contributed by atoms with Crippen LogP contribution in [0.1, 0.15) is 20.3 Å². The summed E-state index contributed by atoms with van der Waals surface area (Å²) in [5, 5.41) is 12.0. The van der Waals surface area contributed by atoms with Crippen LogP contribution < -0.4 is 5.32 Å². The van der Waals surface area contributed by atoms with E-state index in [4.69, 9.17) is 4.55 Å². The van der Waals surface area contributed by atoms with Crippen molar-refractivity contribution in [1.82, 2.24) is 10.2 Å². The summed E-state index contributed by atoms with van der Waals surface area (Å²) in [4.78, 5) is 36.2. The minimum atomic E-state index is -4.71. The Labute approximate surface area is 148 Å². The van der Waals surface area contributed by atoms with Crippen LogP contribution in [0.2, 0.25) is 0 Å². The highest BCUT2D eigenvalue weighted by atomic mass is 32.3. The molecule has 2 heterocycles. The van der Waals surface area contributed by atoms with E-state index in [0.717, 1.165) is 4.90 Å². The van der Waals surface area contributed by atoms with E-state index in [0.29, 0.717) is 17.2 Å². The van der Waals surface area contributed by atoms with Gasteiger partial charge in [-0.2, -0.15) is 8.42 Å². The molecule has 1 fully saturated rings. The van der Waals surface area contributed by atoms with Crippen molar-refractivity contribution in [2.45, 2.75) is 32.4 Å². The van der Waals surface area contributed by atoms with Gasteiger partial charge in [-0.05, 0) is 6.92 Å². The topological polar surface area (TPSA) is 150 Å². The van der Waals surface area contributed by atoms with Crippen LogP contribution in [0.15, 0.2) is 10.6 Å². The summed E-state index contributed by atoms with van der Waals surface area (Å²) in [7, 11) is -4.71. The highest BCUT2D eigenvalue weighted by Gasteiger charge is 2.57. The van der Waals surface area contributed by atoms with Crippen LogP contribution in [-0.4, -0.2) is 65.2 Å². The molecule has 12 heteroatoms. The minimum absolute atomic E-state index is 0.127. The number of thioether (sulfide) groups is 1. The van der Waals surface area contributed by atoms with Crippen LogP contribution in [-0.2, 0) is 29.0 Å². The molecule has 0 aliphatic carbocycles. The number of amides is 2. The molecule has 2 rings (SSSR count). The first kappa shape index (κ1) is 19.7. The molecule has 2 aliphatic heterocycles. The number of hydrogen-bond acceptors (Lipinski definition) is 7. The molecule has 10 nitrogen and oxygen atoms in total. The summed E-state index contributed by atoms with van der Waals surface area (Å²) in [6.45, 7) is 3.05. The standard InChI is InChI=1S/C13H18N2O8S2/c1-6(23-25(20,21)22)10-8-5-9(24-4-3-14-7(2)16)11(13(18)19)15(8)12(10)17/h6,8,10H,3-5H2,1-2H3,(H,14,16)(H,18,19)(H,20,21,22)/t6-,8-,10-/m0/s1. The van der Waals surface area contributed by atoms with Gasteiger partial charge in [0, 0.05) is 30.5 Å². The SMILES string of the molecule is CC(=O)NCCSC1=C(C(=O)O)N2C(=O)[C@@H]([C@H](C)OS(=O)(=O)O)[C@@H]2C1. The zero-order valence-electron chi connectivity index (χ0n) is 13.5. The van der Waals surface area contributed by atoms with Crippen molar-refractivity contribution < 1.29 is 36.6 Å². The molecule has 0 saturated carbocycles. The molecular weight excluding hydrogens is 376 g/mol. The van der Waals surface area contributed by atoms with Gasteiger partial charge >= 0.3 is 16.4 Å². The van der Waals surface area contributed by atoms with Gasteiger partial charge in [0.2, 0.25) is 11.8 Å². The third-order valence-electron chi connectivity index (χ3n) is 3.90. The number of carbonyl (C=O) groups excluding carboxylic acids is 2. The van der Waals surface area contributed by atoms with Crippen LogP contribution in [0.5, 0.6) is 0 Å². The number of carboxylic acid groups (broad SMARTS) is 1. The van der Waals surface area contributed by atoms with E-state index in [-0.39, 0.29) is 18.0 Å². The third kappa shape index (κ3) is 4.32. The molecule has 3 N–H and O–H groups in total. The second-order valence-electron chi connectivity index (χ2n) is 5.64. The highest BCUT2D eigenvalue weighted by Crippen LogP contribution is 2.47. The van der Waals surface area contributed by atoms with Gasteiger partial charge in [-0.3, -0.25) is 14.1 Å². The number of fused-ring (bicyclic) bond motifs is 1. The van der Waals surface area contributed by atoms with Crippen molar-refractivity contribution in [3.05, 3.63) is 10.6 Å². The first-order chi connectivity index (χ1) is 11.5. The number of β-lactam (4-membered cyclic amide) rings is 1. The molecule has 140 valence electrons. The van der Waals surface area contributed by atoms with Gasteiger partial charge in [-0.1, -0.05) is 0 Å². The Balaban J connectivity index is 2.08. The Hall–Kier alpha value is -1.63. The van der Waals surface area contributed by atoms with Crippen molar-refractivity contribution in [3.63, 3.8) is 0 Å². The fraction of sp³-hybridized carbons (Fsp3) is 0.615. The summed E-state index contributed by atoms with van der Waals surface area (Å²) in [6, 6.07) is -0.529. The lowest BCUT2D eigenvalue weighted by Crippen LogP contribution is -2.62. The van der Waals surface area contributed by atoms with Crippen molar-refractivity contribution >= 4 is 39.9 Å². The van der Waals surface area contributed by atoms with Crippen molar-refractivity contribution in [2.75, 3.05) is 12.3 Å². The molecule has 0 spiro atoms. The molecule has 2 amide bonds. The van der Waals surface area contributed by atoms with E-state index in [1.807, 2.05) is 0 Å². The Morgan fingerprint density at radius 2 is 2.12 bits per heavy atom. The molecule has 1 saturated heterocycles. The third-order valence-corrected chi connectivity index (χ3v) is 5.57. The maximum Gasteiger partial charge on any atom is 0.397 e. The zero-order valence-corrected chi connectivity index (χ0v) is 15.1.